The van der Waals surface area contributed by atoms with Gasteiger partial charge in [-0.3, -0.25) is 14.9 Å². The summed E-state index contributed by atoms with van der Waals surface area (Å²) in [5.41, 5.74) is 0.676. The molecule has 138 valence electrons. The number of hydrogen-bond acceptors (Lipinski definition) is 4. The van der Waals surface area contributed by atoms with Crippen molar-refractivity contribution >= 4 is 39.9 Å². The fourth-order valence-corrected chi connectivity index (χ4v) is 4.08. The number of nitrogens with one attached hydrogen (secondary N) is 1. The Kier molecular flexibility index (Phi) is 5.58. The Balaban J connectivity index is 1.72. The van der Waals surface area contributed by atoms with Crippen LogP contribution in [0.1, 0.15) is 41.2 Å². The molecule has 1 aliphatic rings. The topological polar surface area (TPSA) is 62.3 Å². The number of aromatic nitrogens is 1. The van der Waals surface area contributed by atoms with Gasteiger partial charge in [0.05, 0.1) is 22.8 Å². The number of hydrogen-bond donors (Lipinski definition) is 1. The SMILES string of the molecule is CC(C)CC(=O)N1CCc2nc(NC(=O)c3c(F)cccc3Cl)sc2C1. The molecule has 0 saturated heterocycles. The van der Waals surface area contributed by atoms with E-state index in [0.29, 0.717) is 37.0 Å². The monoisotopic (exact) mass is 395 g/mol. The van der Waals surface area contributed by atoms with E-state index >= 15 is 0 Å². The lowest BCUT2D eigenvalue weighted by molar-refractivity contribution is -0.132. The van der Waals surface area contributed by atoms with Crippen molar-refractivity contribution in [2.45, 2.75) is 33.2 Å². The Hall–Kier alpha value is -1.99. The molecule has 0 radical (unpaired) electrons. The molecule has 3 rings (SSSR count). The van der Waals surface area contributed by atoms with Crippen LogP contribution in [0.5, 0.6) is 0 Å². The minimum Gasteiger partial charge on any atom is -0.337 e. The first-order valence-electron chi connectivity index (χ1n) is 8.37. The second-order valence-corrected chi connectivity index (χ2v) is 8.09. The number of anilines is 1. The standard InChI is InChI=1S/C18H19ClFN3O2S/c1-10(2)8-15(24)23-7-6-13-14(9-23)26-18(21-13)22-17(25)16-11(19)4-3-5-12(16)20/h3-5,10H,6-9H2,1-2H3,(H,21,22,25). The lowest BCUT2D eigenvalue weighted by Gasteiger charge is -2.26. The molecule has 1 aromatic heterocycles. The van der Waals surface area contributed by atoms with E-state index in [2.05, 4.69) is 10.3 Å². The fourth-order valence-electron chi connectivity index (χ4n) is 2.81. The average Bonchev–Trinajstić information content (AvgIpc) is 2.95. The predicted octanol–water partition coefficient (Wildman–Crippen LogP) is 4.12. The van der Waals surface area contributed by atoms with E-state index in [4.69, 9.17) is 11.6 Å². The van der Waals surface area contributed by atoms with E-state index in [-0.39, 0.29) is 16.5 Å². The lowest BCUT2D eigenvalue weighted by atomic mass is 10.1. The Morgan fingerprint density at radius 1 is 1.42 bits per heavy atom. The van der Waals surface area contributed by atoms with Crippen molar-refractivity contribution in [3.05, 3.63) is 45.2 Å². The third-order valence-electron chi connectivity index (χ3n) is 4.08. The maximum absolute atomic E-state index is 13.9. The van der Waals surface area contributed by atoms with Crippen LogP contribution in [0.2, 0.25) is 5.02 Å². The predicted molar refractivity (Wildman–Crippen MR) is 100 cm³/mol. The average molecular weight is 396 g/mol. The first-order valence-corrected chi connectivity index (χ1v) is 9.56. The zero-order valence-electron chi connectivity index (χ0n) is 14.5. The van der Waals surface area contributed by atoms with Gasteiger partial charge in [0, 0.05) is 24.3 Å². The number of nitrogens with zero attached hydrogens (tertiary/aromatic N) is 2. The van der Waals surface area contributed by atoms with Crippen LogP contribution in [0.15, 0.2) is 18.2 Å². The molecule has 2 heterocycles. The van der Waals surface area contributed by atoms with Crippen molar-refractivity contribution in [1.82, 2.24) is 9.88 Å². The first-order chi connectivity index (χ1) is 12.3. The number of benzene rings is 1. The van der Waals surface area contributed by atoms with Gasteiger partial charge in [-0.05, 0) is 18.1 Å². The van der Waals surface area contributed by atoms with E-state index in [0.717, 1.165) is 10.6 Å². The third-order valence-corrected chi connectivity index (χ3v) is 5.39. The Morgan fingerprint density at radius 2 is 2.19 bits per heavy atom. The van der Waals surface area contributed by atoms with Gasteiger partial charge in [-0.25, -0.2) is 9.37 Å². The van der Waals surface area contributed by atoms with Crippen molar-refractivity contribution in [3.8, 4) is 0 Å². The summed E-state index contributed by atoms with van der Waals surface area (Å²) in [6.07, 6.45) is 1.16. The van der Waals surface area contributed by atoms with Crippen LogP contribution in [0.3, 0.4) is 0 Å². The van der Waals surface area contributed by atoms with Gasteiger partial charge in [-0.1, -0.05) is 42.9 Å². The van der Waals surface area contributed by atoms with Gasteiger partial charge in [0.25, 0.3) is 5.91 Å². The quantitative estimate of drug-likeness (QED) is 0.847. The van der Waals surface area contributed by atoms with E-state index in [1.54, 1.807) is 0 Å². The van der Waals surface area contributed by atoms with Crippen LogP contribution < -0.4 is 5.32 Å². The second kappa shape index (κ2) is 7.72. The summed E-state index contributed by atoms with van der Waals surface area (Å²) in [6, 6.07) is 4.09. The van der Waals surface area contributed by atoms with Gasteiger partial charge in [0.15, 0.2) is 5.13 Å². The molecule has 1 aliphatic heterocycles. The number of rotatable bonds is 4. The van der Waals surface area contributed by atoms with Crippen LogP contribution in [-0.4, -0.2) is 28.2 Å². The zero-order chi connectivity index (χ0) is 18.8. The molecule has 0 bridgehead atoms. The van der Waals surface area contributed by atoms with Crippen molar-refractivity contribution in [1.29, 1.82) is 0 Å². The third kappa shape index (κ3) is 4.04. The highest BCUT2D eigenvalue weighted by Gasteiger charge is 2.25. The number of carbonyl (C=O) groups excluding carboxylic acids is 2. The summed E-state index contributed by atoms with van der Waals surface area (Å²) in [4.78, 5) is 31.8. The van der Waals surface area contributed by atoms with Gasteiger partial charge in [-0.15, -0.1) is 0 Å². The molecular weight excluding hydrogens is 377 g/mol. The molecule has 2 amide bonds. The summed E-state index contributed by atoms with van der Waals surface area (Å²) in [6.45, 7) is 5.15. The molecule has 1 N–H and O–H groups in total. The minimum atomic E-state index is -0.679. The summed E-state index contributed by atoms with van der Waals surface area (Å²) in [5, 5.41) is 3.05. The highest BCUT2D eigenvalue weighted by Crippen LogP contribution is 2.30. The van der Waals surface area contributed by atoms with E-state index < -0.39 is 11.7 Å². The highest BCUT2D eigenvalue weighted by atomic mass is 35.5. The van der Waals surface area contributed by atoms with Gasteiger partial charge in [-0.2, -0.15) is 0 Å². The van der Waals surface area contributed by atoms with Gasteiger partial charge in [0.1, 0.15) is 5.82 Å². The lowest BCUT2D eigenvalue weighted by Crippen LogP contribution is -2.36. The second-order valence-electron chi connectivity index (χ2n) is 6.60. The van der Waals surface area contributed by atoms with Gasteiger partial charge >= 0.3 is 0 Å². The van der Waals surface area contributed by atoms with Crippen LogP contribution in [0, 0.1) is 11.7 Å². The number of carbonyl (C=O) groups is 2. The molecule has 1 aromatic carbocycles. The Labute approximate surface area is 160 Å². The Bertz CT molecular complexity index is 833. The largest absolute Gasteiger partial charge is 0.337 e. The maximum Gasteiger partial charge on any atom is 0.261 e. The van der Waals surface area contributed by atoms with Crippen molar-refractivity contribution < 1.29 is 14.0 Å². The number of thiazole rings is 1. The maximum atomic E-state index is 13.9. The summed E-state index contributed by atoms with van der Waals surface area (Å²) in [7, 11) is 0. The molecule has 2 aromatic rings. The smallest absolute Gasteiger partial charge is 0.261 e. The van der Waals surface area contributed by atoms with Crippen LogP contribution in [0.25, 0.3) is 0 Å². The van der Waals surface area contributed by atoms with E-state index in [9.17, 15) is 14.0 Å². The molecular formula is C18H19ClFN3O2S. The Morgan fingerprint density at radius 3 is 2.88 bits per heavy atom. The minimum absolute atomic E-state index is 0.0503. The molecule has 0 fully saturated rings. The van der Waals surface area contributed by atoms with Crippen molar-refractivity contribution in [3.63, 3.8) is 0 Å². The van der Waals surface area contributed by atoms with Crippen LogP contribution in [0.4, 0.5) is 9.52 Å². The number of fused-ring (bicyclic) bond motifs is 1. The number of amides is 2. The molecule has 8 heteroatoms. The molecule has 0 saturated carbocycles. The van der Waals surface area contributed by atoms with E-state index in [1.807, 2.05) is 18.7 Å². The number of halogens is 2. The van der Waals surface area contributed by atoms with Crippen molar-refractivity contribution in [2.24, 2.45) is 5.92 Å². The van der Waals surface area contributed by atoms with Gasteiger partial charge in [0.2, 0.25) is 5.91 Å². The molecule has 0 spiro atoms. The summed E-state index contributed by atoms with van der Waals surface area (Å²) in [5.74, 6) is -0.873. The normalized spacial score (nSPS) is 13.7. The van der Waals surface area contributed by atoms with E-state index in [1.165, 1.54) is 29.5 Å². The van der Waals surface area contributed by atoms with Crippen LogP contribution in [-0.2, 0) is 17.8 Å². The first kappa shape index (κ1) is 18.8. The fraction of sp³-hybridized carbons (Fsp3) is 0.389. The van der Waals surface area contributed by atoms with Gasteiger partial charge < -0.3 is 4.90 Å². The molecule has 5 nitrogen and oxygen atoms in total. The van der Waals surface area contributed by atoms with Crippen molar-refractivity contribution in [2.75, 3.05) is 11.9 Å². The molecule has 0 atom stereocenters. The molecule has 0 aliphatic carbocycles. The van der Waals surface area contributed by atoms with Crippen LogP contribution >= 0.6 is 22.9 Å². The molecule has 26 heavy (non-hydrogen) atoms. The zero-order valence-corrected chi connectivity index (χ0v) is 16.1. The molecule has 0 unspecified atom stereocenters. The highest BCUT2D eigenvalue weighted by molar-refractivity contribution is 7.15. The summed E-state index contributed by atoms with van der Waals surface area (Å²) >= 11 is 7.23. The summed E-state index contributed by atoms with van der Waals surface area (Å²) < 4.78 is 13.9.